The molecule has 21 heavy (non-hydrogen) atoms. The molecule has 1 amide bonds. The monoisotopic (exact) mass is 308 g/mol. The molecule has 2 aromatic rings. The number of aryl methyl sites for hydroxylation is 2. The number of anilines is 1. The van der Waals surface area contributed by atoms with Crippen LogP contribution in [0.2, 0.25) is 0 Å². The summed E-state index contributed by atoms with van der Waals surface area (Å²) in [4.78, 5) is 12.2. The summed E-state index contributed by atoms with van der Waals surface area (Å²) in [6, 6.07) is 5.64. The first-order valence-electron chi connectivity index (χ1n) is 6.21. The second kappa shape index (κ2) is 5.34. The summed E-state index contributed by atoms with van der Waals surface area (Å²) in [5, 5.41) is 7.71. The Morgan fingerprint density at radius 1 is 1.10 bits per heavy atom. The topological polar surface area (TPSA) is 102 Å². The number of amides is 1. The van der Waals surface area contributed by atoms with Gasteiger partial charge in [0.15, 0.2) is 0 Å². The summed E-state index contributed by atoms with van der Waals surface area (Å²) < 4.78 is 27.7. The van der Waals surface area contributed by atoms with Crippen LogP contribution in [0.4, 0.5) is 5.69 Å². The number of benzene rings is 1. The molecule has 0 spiro atoms. The number of rotatable bonds is 3. The largest absolute Gasteiger partial charge is 0.466 e. The van der Waals surface area contributed by atoms with Crippen LogP contribution in [-0.2, 0) is 10.0 Å². The molecule has 1 heterocycles. The van der Waals surface area contributed by atoms with Crippen LogP contribution < -0.4 is 10.5 Å². The van der Waals surface area contributed by atoms with E-state index in [2.05, 4.69) is 5.32 Å². The van der Waals surface area contributed by atoms with E-state index in [4.69, 9.17) is 9.56 Å². The first-order chi connectivity index (χ1) is 9.70. The van der Waals surface area contributed by atoms with Crippen LogP contribution in [0.1, 0.15) is 27.4 Å². The van der Waals surface area contributed by atoms with Crippen molar-refractivity contribution in [2.75, 3.05) is 5.32 Å². The zero-order valence-electron chi connectivity index (χ0n) is 11.9. The predicted molar refractivity (Wildman–Crippen MR) is 78.7 cm³/mol. The Balaban J connectivity index is 2.24. The molecule has 1 aromatic heterocycles. The van der Waals surface area contributed by atoms with E-state index in [9.17, 15) is 13.2 Å². The van der Waals surface area contributed by atoms with Gasteiger partial charge in [0.1, 0.15) is 11.5 Å². The average Bonchev–Trinajstić information content (AvgIpc) is 2.62. The second-order valence-corrected chi connectivity index (χ2v) is 6.30. The number of carbonyl (C=O) groups excluding carboxylic acids is 1. The highest BCUT2D eigenvalue weighted by Gasteiger charge is 2.18. The number of hydrogen-bond donors (Lipinski definition) is 2. The van der Waals surface area contributed by atoms with E-state index in [1.54, 1.807) is 13.8 Å². The van der Waals surface area contributed by atoms with Crippen LogP contribution in [-0.4, -0.2) is 14.3 Å². The molecule has 0 bridgehead atoms. The van der Waals surface area contributed by atoms with E-state index in [1.165, 1.54) is 24.3 Å². The molecule has 0 atom stereocenters. The molecule has 0 aliphatic carbocycles. The van der Waals surface area contributed by atoms with Crippen LogP contribution in [0.3, 0.4) is 0 Å². The van der Waals surface area contributed by atoms with Gasteiger partial charge in [0.05, 0.1) is 10.5 Å². The molecule has 0 unspecified atom stereocenters. The fourth-order valence-electron chi connectivity index (χ4n) is 2.05. The van der Waals surface area contributed by atoms with Crippen LogP contribution in [0.25, 0.3) is 0 Å². The molecule has 3 N–H and O–H groups in total. The van der Waals surface area contributed by atoms with E-state index < -0.39 is 10.0 Å². The second-order valence-electron chi connectivity index (χ2n) is 4.74. The van der Waals surface area contributed by atoms with Crippen LogP contribution >= 0.6 is 0 Å². The van der Waals surface area contributed by atoms with Gasteiger partial charge in [-0.15, -0.1) is 0 Å². The van der Waals surface area contributed by atoms with E-state index in [-0.39, 0.29) is 10.8 Å². The standard InChI is InChI=1S/C14H16N2O4S/c1-8-9(2)20-10(3)13(8)14(17)16-11-4-6-12(7-5-11)21(15,18)19/h4-7H,1-3H3,(H,16,17)(H2,15,18,19). The normalized spacial score (nSPS) is 11.4. The van der Waals surface area contributed by atoms with E-state index in [0.29, 0.717) is 22.8 Å². The molecule has 0 saturated carbocycles. The molecule has 6 nitrogen and oxygen atoms in total. The van der Waals surface area contributed by atoms with Gasteiger partial charge < -0.3 is 9.73 Å². The zero-order chi connectivity index (χ0) is 15.8. The zero-order valence-corrected chi connectivity index (χ0v) is 12.7. The summed E-state index contributed by atoms with van der Waals surface area (Å²) >= 11 is 0. The van der Waals surface area contributed by atoms with Gasteiger partial charge in [0.2, 0.25) is 10.0 Å². The third-order valence-electron chi connectivity index (χ3n) is 3.23. The maximum atomic E-state index is 12.2. The SMILES string of the molecule is Cc1oc(C)c(C(=O)Nc2ccc(S(N)(=O)=O)cc2)c1C. The number of primary sulfonamides is 1. The molecular weight excluding hydrogens is 292 g/mol. The van der Waals surface area contributed by atoms with Gasteiger partial charge in [-0.05, 0) is 45.0 Å². The Kier molecular flexibility index (Phi) is 3.89. The highest BCUT2D eigenvalue weighted by Crippen LogP contribution is 2.22. The van der Waals surface area contributed by atoms with Crippen molar-refractivity contribution in [2.24, 2.45) is 5.14 Å². The summed E-state index contributed by atoms with van der Waals surface area (Å²) in [6.07, 6.45) is 0. The summed E-state index contributed by atoms with van der Waals surface area (Å²) in [5.74, 6) is 0.941. The van der Waals surface area contributed by atoms with Crippen LogP contribution in [0, 0.1) is 20.8 Å². The molecule has 7 heteroatoms. The van der Waals surface area contributed by atoms with Crippen molar-refractivity contribution in [1.29, 1.82) is 0 Å². The lowest BCUT2D eigenvalue weighted by Gasteiger charge is -2.06. The van der Waals surface area contributed by atoms with Crippen molar-refractivity contribution in [3.05, 3.63) is 46.9 Å². The van der Waals surface area contributed by atoms with Gasteiger partial charge in [0, 0.05) is 11.3 Å². The van der Waals surface area contributed by atoms with Crippen molar-refractivity contribution in [1.82, 2.24) is 0 Å². The number of nitrogens with one attached hydrogen (secondary N) is 1. The molecule has 0 aliphatic rings. The van der Waals surface area contributed by atoms with Crippen LogP contribution in [0.15, 0.2) is 33.6 Å². The number of carbonyl (C=O) groups is 1. The van der Waals surface area contributed by atoms with Crippen molar-refractivity contribution in [2.45, 2.75) is 25.7 Å². The Hall–Kier alpha value is -2.12. The lowest BCUT2D eigenvalue weighted by atomic mass is 10.1. The maximum absolute atomic E-state index is 12.2. The number of furan rings is 1. The minimum absolute atomic E-state index is 0.00739. The van der Waals surface area contributed by atoms with Gasteiger partial charge >= 0.3 is 0 Å². The lowest BCUT2D eigenvalue weighted by Crippen LogP contribution is -2.14. The first kappa shape index (κ1) is 15.3. The molecule has 0 saturated heterocycles. The summed E-state index contributed by atoms with van der Waals surface area (Å²) in [6.45, 7) is 5.32. The van der Waals surface area contributed by atoms with Gasteiger partial charge in [-0.3, -0.25) is 4.79 Å². The molecular formula is C14H16N2O4S. The number of nitrogens with two attached hydrogens (primary N) is 1. The van der Waals surface area contributed by atoms with Crippen LogP contribution in [0.5, 0.6) is 0 Å². The molecule has 0 radical (unpaired) electrons. The van der Waals surface area contributed by atoms with Gasteiger partial charge in [-0.2, -0.15) is 0 Å². The molecule has 2 rings (SSSR count). The summed E-state index contributed by atoms with van der Waals surface area (Å²) in [5.41, 5.74) is 1.75. The maximum Gasteiger partial charge on any atom is 0.259 e. The van der Waals surface area contributed by atoms with E-state index in [1.807, 2.05) is 6.92 Å². The molecule has 0 fully saturated rings. The fraction of sp³-hybridized carbons (Fsp3) is 0.214. The third kappa shape index (κ3) is 3.14. The highest BCUT2D eigenvalue weighted by atomic mass is 32.2. The minimum Gasteiger partial charge on any atom is -0.466 e. The Morgan fingerprint density at radius 2 is 1.67 bits per heavy atom. The van der Waals surface area contributed by atoms with Gasteiger partial charge in [0.25, 0.3) is 5.91 Å². The lowest BCUT2D eigenvalue weighted by molar-refractivity contribution is 0.102. The predicted octanol–water partition coefficient (Wildman–Crippen LogP) is 2.10. The van der Waals surface area contributed by atoms with Crippen molar-refractivity contribution < 1.29 is 17.6 Å². The highest BCUT2D eigenvalue weighted by molar-refractivity contribution is 7.89. The Labute approximate surface area is 123 Å². The average molecular weight is 308 g/mol. The molecule has 1 aromatic carbocycles. The minimum atomic E-state index is -3.74. The smallest absolute Gasteiger partial charge is 0.259 e. The van der Waals surface area contributed by atoms with Crippen molar-refractivity contribution in [3.63, 3.8) is 0 Å². The summed E-state index contributed by atoms with van der Waals surface area (Å²) in [7, 11) is -3.74. The first-order valence-corrected chi connectivity index (χ1v) is 7.75. The number of hydrogen-bond acceptors (Lipinski definition) is 4. The van der Waals surface area contributed by atoms with Crippen molar-refractivity contribution >= 4 is 21.6 Å². The van der Waals surface area contributed by atoms with E-state index in [0.717, 1.165) is 5.56 Å². The molecule has 0 aliphatic heterocycles. The van der Waals surface area contributed by atoms with Gasteiger partial charge in [-0.25, -0.2) is 13.6 Å². The van der Waals surface area contributed by atoms with Crippen molar-refractivity contribution in [3.8, 4) is 0 Å². The number of sulfonamides is 1. The third-order valence-corrected chi connectivity index (χ3v) is 4.16. The Morgan fingerprint density at radius 3 is 2.10 bits per heavy atom. The van der Waals surface area contributed by atoms with E-state index >= 15 is 0 Å². The van der Waals surface area contributed by atoms with Gasteiger partial charge in [-0.1, -0.05) is 0 Å². The quantitative estimate of drug-likeness (QED) is 0.906. The molecule has 112 valence electrons. The fourth-order valence-corrected chi connectivity index (χ4v) is 2.56. The Bertz CT molecular complexity index is 789.